The molecule has 0 radical (unpaired) electrons. The number of halogens is 2. The molecule has 1 aromatic heterocycles. The molecule has 9 nitrogen and oxygen atoms in total. The molecule has 5 rings (SSSR count). The average Bonchev–Trinajstić information content (AvgIpc) is 3.73. The predicted molar refractivity (Wildman–Crippen MR) is 153 cm³/mol. The summed E-state index contributed by atoms with van der Waals surface area (Å²) in [4.78, 5) is 44.7. The minimum Gasteiger partial charge on any atom is -0.489 e. The van der Waals surface area contributed by atoms with Crippen LogP contribution in [0, 0.1) is 12.8 Å². The molecule has 1 saturated heterocycles. The van der Waals surface area contributed by atoms with E-state index in [1.807, 2.05) is 19.1 Å². The van der Waals surface area contributed by atoms with Gasteiger partial charge in [0.2, 0.25) is 11.8 Å². The number of nitrogens with zero attached hydrogens (tertiary/aromatic N) is 2. The number of ether oxygens (including phenoxy) is 3. The van der Waals surface area contributed by atoms with Gasteiger partial charge in [0.15, 0.2) is 11.5 Å². The quantitative estimate of drug-likeness (QED) is 0.299. The lowest BCUT2D eigenvalue weighted by atomic mass is 9.89. The lowest BCUT2D eigenvalue weighted by Crippen LogP contribution is -2.52. The van der Waals surface area contributed by atoms with Crippen molar-refractivity contribution in [1.82, 2.24) is 9.88 Å². The molecule has 2 aliphatic rings. The minimum atomic E-state index is -3.01. The number of hydrogen-bond donors (Lipinski definition) is 1. The molecular formula is C32H33F2N3O6. The van der Waals surface area contributed by atoms with Crippen LogP contribution in [0.3, 0.4) is 0 Å². The zero-order chi connectivity index (χ0) is 30.7. The van der Waals surface area contributed by atoms with E-state index in [1.54, 1.807) is 37.3 Å². The van der Waals surface area contributed by atoms with E-state index in [2.05, 4.69) is 15.0 Å². The molecule has 0 spiro atoms. The Balaban J connectivity index is 1.32. The first-order valence-corrected chi connectivity index (χ1v) is 14.1. The number of carbonyl (C=O) groups is 3. The zero-order valence-corrected chi connectivity index (χ0v) is 24.1. The first-order valence-electron chi connectivity index (χ1n) is 14.1. The van der Waals surface area contributed by atoms with Crippen molar-refractivity contribution in [2.24, 2.45) is 5.92 Å². The summed E-state index contributed by atoms with van der Waals surface area (Å²) in [5.41, 5.74) is 1.05. The number of alkyl halides is 2. The summed E-state index contributed by atoms with van der Waals surface area (Å²) in [6.07, 6.45) is 2.25. The Kier molecular flexibility index (Phi) is 8.61. The average molecular weight is 594 g/mol. The molecule has 1 saturated carbocycles. The fourth-order valence-corrected chi connectivity index (χ4v) is 5.18. The Morgan fingerprint density at radius 2 is 1.81 bits per heavy atom. The summed E-state index contributed by atoms with van der Waals surface area (Å²) < 4.78 is 42.1. The van der Waals surface area contributed by atoms with Crippen molar-refractivity contribution in [3.8, 4) is 17.4 Å². The molecule has 1 aliphatic heterocycles. The van der Waals surface area contributed by atoms with Crippen molar-refractivity contribution in [2.75, 3.05) is 18.5 Å². The molecular weight excluding hydrogens is 560 g/mol. The van der Waals surface area contributed by atoms with Crippen LogP contribution in [-0.2, 0) is 9.59 Å². The largest absolute Gasteiger partial charge is 0.489 e. The number of nitrogens with one attached hydrogen (secondary N) is 1. The molecule has 2 heterocycles. The predicted octanol–water partition coefficient (Wildman–Crippen LogP) is 5.73. The highest BCUT2D eigenvalue weighted by Gasteiger charge is 2.51. The van der Waals surface area contributed by atoms with Crippen LogP contribution in [0.25, 0.3) is 0 Å². The normalized spacial score (nSPS) is 19.7. The van der Waals surface area contributed by atoms with Crippen molar-refractivity contribution >= 4 is 23.5 Å². The first kappa shape index (κ1) is 29.9. The van der Waals surface area contributed by atoms with Crippen molar-refractivity contribution in [3.63, 3.8) is 0 Å². The number of rotatable bonds is 10. The van der Waals surface area contributed by atoms with Gasteiger partial charge in [0, 0.05) is 31.1 Å². The third kappa shape index (κ3) is 7.10. The first-order chi connectivity index (χ1) is 20.5. The van der Waals surface area contributed by atoms with E-state index in [0.717, 1.165) is 18.4 Å². The molecule has 0 unspecified atom stereocenters. The molecule has 2 atom stereocenters. The Hall–Kier alpha value is -4.54. The molecule has 1 N–H and O–H groups in total. The van der Waals surface area contributed by atoms with Crippen molar-refractivity contribution in [2.45, 2.75) is 58.1 Å². The van der Waals surface area contributed by atoms with Crippen LogP contribution >= 0.6 is 0 Å². The second-order valence-electron chi connectivity index (χ2n) is 11.2. The summed E-state index contributed by atoms with van der Waals surface area (Å²) in [7, 11) is 0. The van der Waals surface area contributed by atoms with E-state index < -0.39 is 24.0 Å². The standard InChI is InChI=1S/C32H33F2N3O6/c1-19-7-12-24(13-8-19)35-29(39)25-5-4-6-28(36-25)43-30(40)32(3)16-23(17-37(32)20(2)38)22-11-14-26(42-31(33)34)27(15-22)41-18-21-9-10-21/h4-8,11-15,21,23,31H,9-10,16-18H2,1-3H3,(H,35,39)/t23-,32-/m1/s1. The monoisotopic (exact) mass is 593 g/mol. The Labute approximate surface area is 248 Å². The number of likely N-dealkylation sites (tertiary alicyclic amines) is 1. The van der Waals surface area contributed by atoms with Crippen molar-refractivity contribution < 1.29 is 37.4 Å². The highest BCUT2D eigenvalue weighted by molar-refractivity contribution is 6.03. The fraction of sp³-hybridized carbons (Fsp3) is 0.375. The van der Waals surface area contributed by atoms with Crippen molar-refractivity contribution in [3.05, 3.63) is 77.5 Å². The number of pyridine rings is 1. The summed E-state index contributed by atoms with van der Waals surface area (Å²) in [6, 6.07) is 16.5. The van der Waals surface area contributed by atoms with E-state index in [-0.39, 0.29) is 47.9 Å². The summed E-state index contributed by atoms with van der Waals surface area (Å²) in [5.74, 6) is -1.40. The van der Waals surface area contributed by atoms with Crippen LogP contribution < -0.4 is 19.5 Å². The summed E-state index contributed by atoms with van der Waals surface area (Å²) in [6.45, 7) is 2.51. The van der Waals surface area contributed by atoms with Crippen molar-refractivity contribution in [1.29, 1.82) is 0 Å². The number of esters is 1. The highest BCUT2D eigenvalue weighted by Crippen LogP contribution is 2.43. The van der Waals surface area contributed by atoms with Crippen LogP contribution in [0.2, 0.25) is 0 Å². The molecule has 2 fully saturated rings. The molecule has 1 aliphatic carbocycles. The van der Waals surface area contributed by atoms with Gasteiger partial charge in [0.25, 0.3) is 5.91 Å². The van der Waals surface area contributed by atoms with Crippen LogP contribution in [0.5, 0.6) is 17.4 Å². The van der Waals surface area contributed by atoms with Gasteiger partial charge in [-0.05, 0) is 74.9 Å². The lowest BCUT2D eigenvalue weighted by Gasteiger charge is -2.31. The van der Waals surface area contributed by atoms with Gasteiger partial charge in [-0.15, -0.1) is 0 Å². The van der Waals surface area contributed by atoms with E-state index in [9.17, 15) is 23.2 Å². The van der Waals surface area contributed by atoms with Gasteiger partial charge in [0.1, 0.15) is 11.2 Å². The third-order valence-electron chi connectivity index (χ3n) is 7.75. The maximum absolute atomic E-state index is 13.6. The second-order valence-corrected chi connectivity index (χ2v) is 11.2. The molecule has 0 bridgehead atoms. The molecule has 3 aromatic rings. The van der Waals surface area contributed by atoms with Gasteiger partial charge >= 0.3 is 12.6 Å². The topological polar surface area (TPSA) is 107 Å². The van der Waals surface area contributed by atoms with Crippen LogP contribution in [0.4, 0.5) is 14.5 Å². The highest BCUT2D eigenvalue weighted by atomic mass is 19.3. The molecule has 2 amide bonds. The maximum Gasteiger partial charge on any atom is 0.387 e. The van der Waals surface area contributed by atoms with Crippen LogP contribution in [0.1, 0.15) is 60.6 Å². The SMILES string of the molecule is CC(=O)N1C[C@H](c2ccc(OC(F)F)c(OCC3CC3)c2)C[C@]1(C)C(=O)Oc1cccc(C(=O)Nc2ccc(C)cc2)n1. The van der Waals surface area contributed by atoms with E-state index in [0.29, 0.717) is 23.8 Å². The second kappa shape index (κ2) is 12.4. The molecule has 11 heteroatoms. The van der Waals surface area contributed by atoms with E-state index >= 15 is 0 Å². The van der Waals surface area contributed by atoms with Gasteiger partial charge in [-0.1, -0.05) is 29.8 Å². The van der Waals surface area contributed by atoms with E-state index in [4.69, 9.17) is 9.47 Å². The summed E-state index contributed by atoms with van der Waals surface area (Å²) in [5, 5.41) is 2.76. The summed E-state index contributed by atoms with van der Waals surface area (Å²) >= 11 is 0. The third-order valence-corrected chi connectivity index (χ3v) is 7.75. The number of amides is 2. The number of aromatic nitrogens is 1. The fourth-order valence-electron chi connectivity index (χ4n) is 5.18. The van der Waals surface area contributed by atoms with Crippen LogP contribution in [-0.4, -0.2) is 53.0 Å². The zero-order valence-electron chi connectivity index (χ0n) is 24.1. The minimum absolute atomic E-state index is 0.0496. The van der Waals surface area contributed by atoms with Gasteiger partial charge in [-0.25, -0.2) is 9.78 Å². The van der Waals surface area contributed by atoms with E-state index in [1.165, 1.54) is 30.0 Å². The molecule has 43 heavy (non-hydrogen) atoms. The van der Waals surface area contributed by atoms with Gasteiger partial charge < -0.3 is 24.4 Å². The Morgan fingerprint density at radius 1 is 1.07 bits per heavy atom. The number of hydrogen-bond acceptors (Lipinski definition) is 7. The number of carbonyl (C=O) groups excluding carboxylic acids is 3. The Bertz CT molecular complexity index is 1510. The molecule has 2 aromatic carbocycles. The van der Waals surface area contributed by atoms with Gasteiger partial charge in [0.05, 0.1) is 6.61 Å². The van der Waals surface area contributed by atoms with Gasteiger partial charge in [-0.3, -0.25) is 9.59 Å². The smallest absolute Gasteiger partial charge is 0.387 e. The Morgan fingerprint density at radius 3 is 2.49 bits per heavy atom. The maximum atomic E-state index is 13.6. The number of aryl methyl sites for hydroxylation is 1. The molecule has 226 valence electrons. The number of anilines is 1. The van der Waals surface area contributed by atoms with Gasteiger partial charge in [-0.2, -0.15) is 8.78 Å². The van der Waals surface area contributed by atoms with Crippen LogP contribution in [0.15, 0.2) is 60.7 Å². The number of benzene rings is 2. The lowest BCUT2D eigenvalue weighted by molar-refractivity contribution is -0.152.